The zero-order chi connectivity index (χ0) is 31.0. The van der Waals surface area contributed by atoms with E-state index in [0.717, 1.165) is 0 Å². The summed E-state index contributed by atoms with van der Waals surface area (Å²) in [5.74, 6) is 0. The van der Waals surface area contributed by atoms with E-state index < -0.39 is 54.6 Å². The van der Waals surface area contributed by atoms with Gasteiger partial charge in [-0.3, -0.25) is 13.7 Å². The van der Waals surface area contributed by atoms with Gasteiger partial charge in [0.1, 0.15) is 26.0 Å². The molecule has 39 heavy (non-hydrogen) atoms. The average molecular weight is 644 g/mol. The van der Waals surface area contributed by atoms with Crippen molar-refractivity contribution in [2.24, 2.45) is 0 Å². The van der Waals surface area contributed by atoms with Gasteiger partial charge in [-0.1, -0.05) is 20.8 Å². The Hall–Kier alpha value is 0.0800. The Bertz CT molecular complexity index is 583. The SMILES string of the molecule is CC[C@@H](CF)OCP(=O)(OC)OC.CC[C@@H](CF)OCP(=O)(OC)OC.CC[C@@H](OF)OCP(=O)(OC)OC. The van der Waals surface area contributed by atoms with Crippen LogP contribution in [0.5, 0.6) is 0 Å². The van der Waals surface area contributed by atoms with E-state index in [1.165, 1.54) is 42.7 Å². The van der Waals surface area contributed by atoms with Crippen molar-refractivity contribution in [3.05, 3.63) is 0 Å². The Balaban J connectivity index is -0.000000498. The van der Waals surface area contributed by atoms with Gasteiger partial charge in [0, 0.05) is 42.7 Å². The zero-order valence-corrected chi connectivity index (χ0v) is 26.9. The Morgan fingerprint density at radius 3 is 1.00 bits per heavy atom. The fourth-order valence-corrected chi connectivity index (χ4v) is 4.07. The van der Waals surface area contributed by atoms with E-state index in [4.69, 9.17) is 14.2 Å². The predicted molar refractivity (Wildman–Crippen MR) is 139 cm³/mol. The molecule has 0 rings (SSSR count). The molecule has 0 radical (unpaired) electrons. The van der Waals surface area contributed by atoms with Crippen LogP contribution in [0.1, 0.15) is 40.0 Å². The van der Waals surface area contributed by atoms with Crippen molar-refractivity contribution >= 4 is 22.8 Å². The van der Waals surface area contributed by atoms with Crippen LogP contribution in [0.4, 0.5) is 13.3 Å². The molecule has 0 N–H and O–H groups in total. The molecule has 0 aromatic carbocycles. The quantitative estimate of drug-likeness (QED) is 0.0995. The van der Waals surface area contributed by atoms with Crippen LogP contribution in [0.3, 0.4) is 0 Å². The minimum Gasteiger partial charge on any atom is -0.363 e. The fourth-order valence-electron chi connectivity index (χ4n) is 1.86. The van der Waals surface area contributed by atoms with Crippen LogP contribution in [-0.2, 0) is 60.0 Å². The lowest BCUT2D eigenvalue weighted by molar-refractivity contribution is -0.270. The molecule has 3 atom stereocenters. The molecule has 0 aromatic heterocycles. The lowest BCUT2D eigenvalue weighted by Crippen LogP contribution is -2.15. The van der Waals surface area contributed by atoms with Crippen molar-refractivity contribution in [1.82, 2.24) is 0 Å². The second kappa shape index (κ2) is 25.8. The minimum atomic E-state index is -3.23. The van der Waals surface area contributed by atoms with Crippen molar-refractivity contribution in [3.63, 3.8) is 0 Å². The van der Waals surface area contributed by atoms with E-state index in [9.17, 15) is 27.0 Å². The van der Waals surface area contributed by atoms with E-state index in [-0.39, 0.29) is 19.0 Å². The first-order valence-corrected chi connectivity index (χ1v) is 16.9. The van der Waals surface area contributed by atoms with Crippen LogP contribution >= 0.6 is 22.8 Å². The average Bonchev–Trinajstić information content (AvgIpc) is 2.98. The summed E-state index contributed by atoms with van der Waals surface area (Å²) in [5.41, 5.74) is 0. The third-order valence-electron chi connectivity index (χ3n) is 4.71. The number of halogens is 3. The van der Waals surface area contributed by atoms with Crippen LogP contribution in [0.2, 0.25) is 0 Å². The molecule has 0 fully saturated rings. The molecule has 13 nitrogen and oxygen atoms in total. The maximum atomic E-state index is 12.1. The second-order valence-corrected chi connectivity index (χ2v) is 13.7. The lowest BCUT2D eigenvalue weighted by Gasteiger charge is -2.17. The maximum absolute atomic E-state index is 12.1. The van der Waals surface area contributed by atoms with Gasteiger partial charge < -0.3 is 41.4 Å². The lowest BCUT2D eigenvalue weighted by atomic mass is 10.3. The standard InChI is InChI=1S/2C7H16FO4P.C6H14FO5P/c2*1-4-7(5-8)12-6-13(9,10-2)11-3;1-4-6(12-7)11-5-13(8,9-2)10-3/h2*7H,4-6H2,1-3H3;6H,4-5H2,1-3H3/t2*7-;6-/m001/s1. The number of hydrogen-bond donors (Lipinski definition) is 0. The highest BCUT2D eigenvalue weighted by Gasteiger charge is 2.25. The van der Waals surface area contributed by atoms with Crippen LogP contribution < -0.4 is 0 Å². The highest BCUT2D eigenvalue weighted by molar-refractivity contribution is 7.54. The summed E-state index contributed by atoms with van der Waals surface area (Å²) in [4.78, 5) is 3.43. The van der Waals surface area contributed by atoms with Crippen LogP contribution in [0.25, 0.3) is 0 Å². The molecule has 0 saturated carbocycles. The monoisotopic (exact) mass is 644 g/mol. The fraction of sp³-hybridized carbons (Fsp3) is 1.00. The van der Waals surface area contributed by atoms with Gasteiger partial charge in [0.05, 0.1) is 12.2 Å². The summed E-state index contributed by atoms with van der Waals surface area (Å²) in [6, 6.07) is 0. The summed E-state index contributed by atoms with van der Waals surface area (Å²) in [7, 11) is -2.01. The van der Waals surface area contributed by atoms with Crippen molar-refractivity contribution in [2.45, 2.75) is 58.5 Å². The molecule has 240 valence electrons. The van der Waals surface area contributed by atoms with Gasteiger partial charge in [-0.2, -0.15) is 4.94 Å². The van der Waals surface area contributed by atoms with E-state index in [1.807, 2.05) is 0 Å². The molecule has 0 unspecified atom stereocenters. The van der Waals surface area contributed by atoms with Gasteiger partial charge >= 0.3 is 22.8 Å². The molecule has 0 aliphatic heterocycles. The molecule has 0 spiro atoms. The molecule has 0 aliphatic carbocycles. The molecule has 0 heterocycles. The van der Waals surface area contributed by atoms with Gasteiger partial charge in [-0.15, -0.1) is 0 Å². The van der Waals surface area contributed by atoms with E-state index >= 15 is 0 Å². The normalized spacial score (nSPS) is 14.5. The first-order chi connectivity index (χ1) is 18.3. The van der Waals surface area contributed by atoms with Crippen molar-refractivity contribution in [3.8, 4) is 0 Å². The Kier molecular flexibility index (Phi) is 28.8. The molecular formula is C20H46F3O13P3. The molecule has 0 saturated heterocycles. The molecule has 0 amide bonds. The molecule has 0 aliphatic rings. The van der Waals surface area contributed by atoms with Gasteiger partial charge in [-0.05, 0) is 23.8 Å². The highest BCUT2D eigenvalue weighted by Crippen LogP contribution is 2.47. The first kappa shape index (κ1) is 43.5. The van der Waals surface area contributed by atoms with E-state index in [0.29, 0.717) is 19.3 Å². The minimum absolute atomic E-state index is 0.206. The number of rotatable bonds is 21. The van der Waals surface area contributed by atoms with Gasteiger partial charge in [0.2, 0.25) is 0 Å². The Morgan fingerprint density at radius 1 is 0.538 bits per heavy atom. The predicted octanol–water partition coefficient (Wildman–Crippen LogP) is 6.47. The first-order valence-electron chi connectivity index (χ1n) is 11.7. The van der Waals surface area contributed by atoms with Crippen LogP contribution in [0.15, 0.2) is 0 Å². The summed E-state index contributed by atoms with van der Waals surface area (Å²) < 4.78 is 112. The third-order valence-corrected chi connectivity index (χ3v) is 9.45. The third kappa shape index (κ3) is 21.4. The number of hydrogen-bond acceptors (Lipinski definition) is 13. The summed E-state index contributed by atoms with van der Waals surface area (Å²) in [6.45, 7) is 4.05. The zero-order valence-electron chi connectivity index (χ0n) is 24.2. The van der Waals surface area contributed by atoms with Gasteiger partial charge in [0.25, 0.3) is 0 Å². The van der Waals surface area contributed by atoms with Crippen molar-refractivity contribution in [2.75, 3.05) is 75.1 Å². The second-order valence-electron chi connectivity index (χ2n) is 7.11. The summed E-state index contributed by atoms with van der Waals surface area (Å²) in [6.07, 6.45) is -1.46. The smallest absolute Gasteiger partial charge is 0.355 e. The largest absolute Gasteiger partial charge is 0.363 e. The molecule has 0 bridgehead atoms. The van der Waals surface area contributed by atoms with Gasteiger partial charge in [-0.25, -0.2) is 8.78 Å². The Morgan fingerprint density at radius 2 is 0.821 bits per heavy atom. The topological polar surface area (TPSA) is 144 Å². The molecule has 0 aromatic rings. The van der Waals surface area contributed by atoms with Gasteiger partial charge in [0.15, 0.2) is 12.6 Å². The summed E-state index contributed by atoms with van der Waals surface area (Å²) >= 11 is 0. The van der Waals surface area contributed by atoms with E-state index in [1.54, 1.807) is 20.8 Å². The molecular weight excluding hydrogens is 598 g/mol. The van der Waals surface area contributed by atoms with Crippen LogP contribution in [-0.4, -0.2) is 93.5 Å². The van der Waals surface area contributed by atoms with Crippen molar-refractivity contribution in [1.29, 1.82) is 0 Å². The van der Waals surface area contributed by atoms with Crippen LogP contribution in [0, 0.1) is 0 Å². The number of ether oxygens (including phenoxy) is 3. The van der Waals surface area contributed by atoms with E-state index in [2.05, 4.69) is 32.1 Å². The molecule has 19 heteroatoms. The Labute approximate surface area is 230 Å². The van der Waals surface area contributed by atoms with Crippen molar-refractivity contribution < 1.29 is 73.3 Å². The highest BCUT2D eigenvalue weighted by atomic mass is 31.2. The maximum Gasteiger partial charge on any atom is 0.355 e. The number of alkyl halides is 2. The summed E-state index contributed by atoms with van der Waals surface area (Å²) in [5, 5.41) is 0.